The van der Waals surface area contributed by atoms with Gasteiger partial charge < -0.3 is 14.6 Å². The molecule has 146 valence electrons. The van der Waals surface area contributed by atoms with E-state index in [1.54, 1.807) is 23.7 Å². The molecule has 1 N–H and O–H groups in total. The molecule has 28 heavy (non-hydrogen) atoms. The molecule has 1 fully saturated rings. The van der Waals surface area contributed by atoms with E-state index in [1.807, 2.05) is 11.0 Å². The molecule has 1 aliphatic rings. The van der Waals surface area contributed by atoms with Crippen molar-refractivity contribution >= 4 is 16.9 Å². The summed E-state index contributed by atoms with van der Waals surface area (Å²) < 4.78 is 7.74. The van der Waals surface area contributed by atoms with Crippen molar-refractivity contribution in [2.75, 3.05) is 13.1 Å². The average Bonchev–Trinajstić information content (AvgIpc) is 2.98. The second kappa shape index (κ2) is 7.19. The van der Waals surface area contributed by atoms with Gasteiger partial charge in [-0.05, 0) is 49.2 Å². The Morgan fingerprint density at radius 3 is 2.61 bits per heavy atom. The van der Waals surface area contributed by atoms with Crippen LogP contribution in [0.5, 0.6) is 5.75 Å². The van der Waals surface area contributed by atoms with Gasteiger partial charge in [-0.1, -0.05) is 12.1 Å². The first-order valence-corrected chi connectivity index (χ1v) is 9.64. The van der Waals surface area contributed by atoms with Crippen molar-refractivity contribution in [2.24, 2.45) is 7.05 Å². The smallest absolute Gasteiger partial charge is 0.326 e. The molecule has 1 saturated heterocycles. The molecule has 0 atom stereocenters. The van der Waals surface area contributed by atoms with Gasteiger partial charge in [-0.15, -0.1) is 0 Å². The van der Waals surface area contributed by atoms with Crippen molar-refractivity contribution in [2.45, 2.75) is 32.8 Å². The van der Waals surface area contributed by atoms with E-state index in [0.29, 0.717) is 24.2 Å². The number of hydrogen-bond acceptors (Lipinski definition) is 3. The third-order valence-electron chi connectivity index (χ3n) is 5.52. The summed E-state index contributed by atoms with van der Waals surface area (Å²) in [5.41, 5.74) is 4.22. The Balaban J connectivity index is 1.42. The Kier molecular flexibility index (Phi) is 4.71. The molecule has 6 heteroatoms. The monoisotopic (exact) mass is 379 g/mol. The topological polar surface area (TPSA) is 67.3 Å². The maximum absolute atomic E-state index is 12.9. The zero-order valence-corrected chi connectivity index (χ0v) is 16.5. The summed E-state index contributed by atoms with van der Waals surface area (Å²) in [6.45, 7) is 5.44. The summed E-state index contributed by atoms with van der Waals surface area (Å²) in [7, 11) is 1.71. The highest BCUT2D eigenvalue weighted by Crippen LogP contribution is 2.24. The van der Waals surface area contributed by atoms with Gasteiger partial charge in [0.05, 0.1) is 11.0 Å². The fourth-order valence-corrected chi connectivity index (χ4v) is 3.74. The zero-order chi connectivity index (χ0) is 19.8. The zero-order valence-electron chi connectivity index (χ0n) is 16.5. The molecule has 0 saturated carbocycles. The van der Waals surface area contributed by atoms with Gasteiger partial charge in [0, 0.05) is 38.5 Å². The second-order valence-corrected chi connectivity index (χ2v) is 7.60. The van der Waals surface area contributed by atoms with Crippen LogP contribution in [0, 0.1) is 13.8 Å². The largest absolute Gasteiger partial charge is 0.490 e. The number of amides is 1. The van der Waals surface area contributed by atoms with Crippen LogP contribution >= 0.6 is 0 Å². The SMILES string of the molecule is Cc1ccc(C)c(OC2CCN(C(=O)c3ccc4c(c3)[nH]c(=O)n4C)CC2)c1. The molecule has 6 nitrogen and oxygen atoms in total. The normalized spacial score (nSPS) is 15.2. The minimum Gasteiger partial charge on any atom is -0.490 e. The van der Waals surface area contributed by atoms with E-state index < -0.39 is 0 Å². The molecule has 4 rings (SSSR count). The van der Waals surface area contributed by atoms with E-state index in [4.69, 9.17) is 4.74 Å². The lowest BCUT2D eigenvalue weighted by Gasteiger charge is -2.32. The van der Waals surface area contributed by atoms with E-state index in [9.17, 15) is 9.59 Å². The highest BCUT2D eigenvalue weighted by Gasteiger charge is 2.25. The molecule has 0 bridgehead atoms. The maximum atomic E-state index is 12.9. The van der Waals surface area contributed by atoms with E-state index in [1.165, 1.54) is 5.56 Å². The molecule has 3 aromatic rings. The summed E-state index contributed by atoms with van der Waals surface area (Å²) in [5.74, 6) is 0.931. The first-order chi connectivity index (χ1) is 13.4. The number of likely N-dealkylation sites (tertiary alicyclic amines) is 1. The number of H-pyrrole nitrogens is 1. The minimum atomic E-state index is -0.177. The van der Waals surface area contributed by atoms with Crippen LogP contribution in [0.15, 0.2) is 41.2 Å². The summed E-state index contributed by atoms with van der Waals surface area (Å²) in [6.07, 6.45) is 1.74. The predicted molar refractivity (Wildman–Crippen MR) is 109 cm³/mol. The Bertz CT molecular complexity index is 1090. The van der Waals surface area contributed by atoms with Crippen LogP contribution in [0.3, 0.4) is 0 Å². The molecule has 2 heterocycles. The van der Waals surface area contributed by atoms with Crippen molar-refractivity contribution in [1.82, 2.24) is 14.5 Å². The van der Waals surface area contributed by atoms with Gasteiger partial charge >= 0.3 is 5.69 Å². The number of piperidine rings is 1. The number of rotatable bonds is 3. The van der Waals surface area contributed by atoms with E-state index in [0.717, 1.165) is 29.7 Å². The number of aryl methyl sites for hydroxylation is 3. The number of nitrogens with one attached hydrogen (secondary N) is 1. The molecule has 2 aromatic carbocycles. The lowest BCUT2D eigenvalue weighted by molar-refractivity contribution is 0.0594. The third-order valence-corrected chi connectivity index (χ3v) is 5.52. The second-order valence-electron chi connectivity index (χ2n) is 7.60. The van der Waals surface area contributed by atoms with Gasteiger partial charge in [0.15, 0.2) is 0 Å². The number of aromatic nitrogens is 2. The minimum absolute atomic E-state index is 0.00297. The quantitative estimate of drug-likeness (QED) is 0.760. The first-order valence-electron chi connectivity index (χ1n) is 9.64. The van der Waals surface area contributed by atoms with Crippen LogP contribution in [0.4, 0.5) is 0 Å². The summed E-state index contributed by atoms with van der Waals surface area (Å²) in [5, 5.41) is 0. The van der Waals surface area contributed by atoms with Crippen molar-refractivity contribution < 1.29 is 9.53 Å². The van der Waals surface area contributed by atoms with Gasteiger partial charge in [-0.3, -0.25) is 9.36 Å². The lowest BCUT2D eigenvalue weighted by Crippen LogP contribution is -2.41. The number of carbonyl (C=O) groups excluding carboxylic acids is 1. The lowest BCUT2D eigenvalue weighted by atomic mass is 10.1. The highest BCUT2D eigenvalue weighted by atomic mass is 16.5. The Hall–Kier alpha value is -3.02. The number of aromatic amines is 1. The number of fused-ring (bicyclic) bond motifs is 1. The molecular weight excluding hydrogens is 354 g/mol. The highest BCUT2D eigenvalue weighted by molar-refractivity contribution is 5.97. The Morgan fingerprint density at radius 2 is 1.86 bits per heavy atom. The number of ether oxygens (including phenoxy) is 1. The van der Waals surface area contributed by atoms with Gasteiger partial charge in [0.25, 0.3) is 5.91 Å². The molecule has 0 aliphatic carbocycles. The van der Waals surface area contributed by atoms with Gasteiger partial charge in [0.1, 0.15) is 11.9 Å². The van der Waals surface area contributed by atoms with Crippen molar-refractivity contribution in [3.63, 3.8) is 0 Å². The number of hydrogen-bond donors (Lipinski definition) is 1. The van der Waals surface area contributed by atoms with Gasteiger partial charge in [-0.2, -0.15) is 0 Å². The van der Waals surface area contributed by atoms with Gasteiger partial charge in [-0.25, -0.2) is 4.79 Å². The molecule has 0 radical (unpaired) electrons. The van der Waals surface area contributed by atoms with Crippen LogP contribution in [-0.2, 0) is 7.05 Å². The Morgan fingerprint density at radius 1 is 1.11 bits per heavy atom. The van der Waals surface area contributed by atoms with Crippen molar-refractivity contribution in [3.8, 4) is 5.75 Å². The number of nitrogens with zero attached hydrogens (tertiary/aromatic N) is 2. The number of benzene rings is 2. The Labute approximate surface area is 163 Å². The van der Waals surface area contributed by atoms with Gasteiger partial charge in [0.2, 0.25) is 0 Å². The summed E-state index contributed by atoms with van der Waals surface area (Å²) in [4.78, 5) is 29.3. The van der Waals surface area contributed by atoms with E-state index >= 15 is 0 Å². The van der Waals surface area contributed by atoms with Crippen molar-refractivity contribution in [1.29, 1.82) is 0 Å². The fourth-order valence-electron chi connectivity index (χ4n) is 3.74. The third kappa shape index (κ3) is 3.42. The molecular formula is C22H25N3O3. The molecule has 0 unspecified atom stereocenters. The summed E-state index contributed by atoms with van der Waals surface area (Å²) >= 11 is 0. The fraction of sp³-hybridized carbons (Fsp3) is 0.364. The van der Waals surface area contributed by atoms with Crippen LogP contribution in [0.25, 0.3) is 11.0 Å². The molecule has 1 amide bonds. The van der Waals surface area contributed by atoms with Crippen LogP contribution in [0.2, 0.25) is 0 Å². The molecule has 0 spiro atoms. The van der Waals surface area contributed by atoms with Crippen LogP contribution in [0.1, 0.15) is 34.3 Å². The van der Waals surface area contributed by atoms with Crippen molar-refractivity contribution in [3.05, 3.63) is 63.6 Å². The van der Waals surface area contributed by atoms with Crippen LogP contribution < -0.4 is 10.4 Å². The number of imidazole rings is 1. The molecule has 1 aromatic heterocycles. The predicted octanol–water partition coefficient (Wildman–Crippen LogP) is 3.17. The van der Waals surface area contributed by atoms with E-state index in [-0.39, 0.29) is 17.7 Å². The average molecular weight is 379 g/mol. The first kappa shape index (κ1) is 18.3. The standard InChI is InChI=1S/C22H25N3O3/c1-14-4-5-15(2)20(12-14)28-17-8-10-25(11-9-17)21(26)16-6-7-19-18(13-16)23-22(27)24(19)3/h4-7,12-13,17H,8-11H2,1-3H3,(H,23,27). The van der Waals surface area contributed by atoms with Crippen LogP contribution in [-0.4, -0.2) is 39.6 Å². The summed E-state index contributed by atoms with van der Waals surface area (Å²) in [6, 6.07) is 11.6. The number of carbonyl (C=O) groups is 1. The molecule has 1 aliphatic heterocycles. The maximum Gasteiger partial charge on any atom is 0.326 e. The van der Waals surface area contributed by atoms with E-state index in [2.05, 4.69) is 37.0 Å².